The van der Waals surface area contributed by atoms with E-state index in [1.165, 1.54) is 19.9 Å². The van der Waals surface area contributed by atoms with E-state index in [0.29, 0.717) is 0 Å². The average molecular weight is 244 g/mol. The molecular weight excluding hydrogens is 228 g/mol. The number of carbonyl (C=O) groups excluding carboxylic acids is 2. The Morgan fingerprint density at radius 2 is 1.71 bits per heavy atom. The molecule has 0 saturated heterocycles. The van der Waals surface area contributed by atoms with E-state index in [4.69, 9.17) is 9.84 Å². The van der Waals surface area contributed by atoms with E-state index >= 15 is 0 Å². The molecule has 0 aromatic rings. The topological polar surface area (TPSA) is 89.9 Å². The molecule has 0 spiro atoms. The summed E-state index contributed by atoms with van der Waals surface area (Å²) < 4.78 is 9.32. The maximum absolute atomic E-state index is 10.4. The van der Waals surface area contributed by atoms with E-state index in [-0.39, 0.29) is 6.61 Å². The summed E-state index contributed by atoms with van der Waals surface area (Å²) in [5.41, 5.74) is 0. The first-order valence-corrected chi connectivity index (χ1v) is 4.62. The van der Waals surface area contributed by atoms with Crippen molar-refractivity contribution in [1.29, 1.82) is 0 Å². The number of carboxylic acids is 1. The van der Waals surface area contributed by atoms with Gasteiger partial charge in [0.15, 0.2) is 6.10 Å². The SMILES string of the molecule is C=CC(=O)O.C=CC(COC(C)=O)OC(C)=O. The van der Waals surface area contributed by atoms with Gasteiger partial charge in [0, 0.05) is 19.9 Å². The van der Waals surface area contributed by atoms with Crippen LogP contribution in [0.3, 0.4) is 0 Å². The van der Waals surface area contributed by atoms with E-state index in [1.807, 2.05) is 0 Å². The minimum atomic E-state index is -0.981. The first-order valence-electron chi connectivity index (χ1n) is 4.62. The van der Waals surface area contributed by atoms with Crippen molar-refractivity contribution in [2.75, 3.05) is 6.61 Å². The maximum atomic E-state index is 10.4. The van der Waals surface area contributed by atoms with Gasteiger partial charge in [-0.1, -0.05) is 13.2 Å². The van der Waals surface area contributed by atoms with Gasteiger partial charge in [-0.3, -0.25) is 9.59 Å². The Morgan fingerprint density at radius 1 is 1.24 bits per heavy atom. The van der Waals surface area contributed by atoms with Gasteiger partial charge in [0.25, 0.3) is 0 Å². The van der Waals surface area contributed by atoms with Crippen molar-refractivity contribution < 1.29 is 29.0 Å². The fourth-order valence-corrected chi connectivity index (χ4v) is 0.563. The Morgan fingerprint density at radius 3 is 1.94 bits per heavy atom. The molecule has 0 aliphatic rings. The molecule has 0 fully saturated rings. The molecule has 0 aromatic carbocycles. The van der Waals surface area contributed by atoms with Gasteiger partial charge in [0.1, 0.15) is 6.61 Å². The molecular formula is C11H16O6. The average Bonchev–Trinajstić information content (AvgIpc) is 2.24. The van der Waals surface area contributed by atoms with Gasteiger partial charge in [-0.2, -0.15) is 0 Å². The molecule has 0 aliphatic heterocycles. The van der Waals surface area contributed by atoms with Crippen LogP contribution in [0, 0.1) is 0 Å². The van der Waals surface area contributed by atoms with Crippen molar-refractivity contribution >= 4 is 17.9 Å². The van der Waals surface area contributed by atoms with Crippen molar-refractivity contribution in [3.05, 3.63) is 25.3 Å². The zero-order valence-corrected chi connectivity index (χ0v) is 9.84. The summed E-state index contributed by atoms with van der Waals surface area (Å²) in [7, 11) is 0. The van der Waals surface area contributed by atoms with Crippen molar-refractivity contribution in [1.82, 2.24) is 0 Å². The molecule has 0 aliphatic carbocycles. The number of esters is 2. The highest BCUT2D eigenvalue weighted by Crippen LogP contribution is 1.95. The normalized spacial score (nSPS) is 10.0. The molecule has 1 unspecified atom stereocenters. The Balaban J connectivity index is 0. The summed E-state index contributed by atoms with van der Waals surface area (Å²) in [4.78, 5) is 30.1. The fourth-order valence-electron chi connectivity index (χ4n) is 0.563. The molecule has 0 saturated carbocycles. The molecule has 17 heavy (non-hydrogen) atoms. The third-order valence-corrected chi connectivity index (χ3v) is 1.21. The van der Waals surface area contributed by atoms with Gasteiger partial charge in [-0.25, -0.2) is 4.79 Å². The lowest BCUT2D eigenvalue weighted by Gasteiger charge is -2.11. The monoisotopic (exact) mass is 244 g/mol. The minimum Gasteiger partial charge on any atom is -0.478 e. The molecule has 6 heteroatoms. The Bertz CT molecular complexity index is 294. The van der Waals surface area contributed by atoms with Crippen LogP contribution < -0.4 is 0 Å². The molecule has 96 valence electrons. The molecule has 0 radical (unpaired) electrons. The summed E-state index contributed by atoms with van der Waals surface area (Å²) in [5, 5.41) is 7.60. The van der Waals surface area contributed by atoms with E-state index in [9.17, 15) is 14.4 Å². The quantitative estimate of drug-likeness (QED) is 0.439. The van der Waals surface area contributed by atoms with Crippen LogP contribution in [0.25, 0.3) is 0 Å². The molecule has 0 rings (SSSR count). The standard InChI is InChI=1S/C8H12O4.C3H4O2/c1-4-8(12-7(3)10)5-11-6(2)9;1-2-3(4)5/h4,8H,1,5H2,2-3H3;2H,1H2,(H,4,5). The van der Waals surface area contributed by atoms with E-state index in [2.05, 4.69) is 17.9 Å². The second kappa shape index (κ2) is 10.4. The predicted octanol–water partition coefficient (Wildman–Crippen LogP) is 0.924. The van der Waals surface area contributed by atoms with E-state index in [1.54, 1.807) is 0 Å². The summed E-state index contributed by atoms with van der Waals surface area (Å²) in [6.45, 7) is 8.98. The number of carbonyl (C=O) groups is 3. The van der Waals surface area contributed by atoms with Gasteiger partial charge in [-0.05, 0) is 6.08 Å². The van der Waals surface area contributed by atoms with Crippen molar-refractivity contribution in [2.45, 2.75) is 20.0 Å². The second-order valence-corrected chi connectivity index (χ2v) is 2.73. The van der Waals surface area contributed by atoms with Crippen molar-refractivity contribution in [3.8, 4) is 0 Å². The first kappa shape index (κ1) is 17.3. The third-order valence-electron chi connectivity index (χ3n) is 1.21. The minimum absolute atomic E-state index is 0.0262. The molecule has 0 amide bonds. The number of hydrogen-bond acceptors (Lipinski definition) is 5. The first-order chi connectivity index (χ1) is 7.83. The van der Waals surface area contributed by atoms with Gasteiger partial charge in [0.2, 0.25) is 0 Å². The van der Waals surface area contributed by atoms with Gasteiger partial charge >= 0.3 is 17.9 Å². The summed E-state index contributed by atoms with van der Waals surface area (Å²) in [5.74, 6) is -1.81. The molecule has 6 nitrogen and oxygen atoms in total. The predicted molar refractivity (Wildman–Crippen MR) is 60.2 cm³/mol. The van der Waals surface area contributed by atoms with Crippen LogP contribution in [0.4, 0.5) is 0 Å². The summed E-state index contributed by atoms with van der Waals surface area (Å²) in [6.07, 6.45) is 1.69. The van der Waals surface area contributed by atoms with E-state index in [0.717, 1.165) is 6.08 Å². The van der Waals surface area contributed by atoms with Gasteiger partial charge in [-0.15, -0.1) is 0 Å². The molecule has 1 N–H and O–H groups in total. The highest BCUT2D eigenvalue weighted by atomic mass is 16.6. The van der Waals surface area contributed by atoms with Crippen LogP contribution in [-0.4, -0.2) is 35.7 Å². The summed E-state index contributed by atoms with van der Waals surface area (Å²) in [6, 6.07) is 0. The van der Waals surface area contributed by atoms with Crippen LogP contribution in [-0.2, 0) is 23.9 Å². The lowest BCUT2D eigenvalue weighted by Crippen LogP contribution is -2.21. The van der Waals surface area contributed by atoms with Crippen molar-refractivity contribution in [3.63, 3.8) is 0 Å². The molecule has 1 atom stereocenters. The number of aliphatic carboxylic acids is 1. The highest BCUT2D eigenvalue weighted by Gasteiger charge is 2.08. The Kier molecular flexibility index (Phi) is 10.6. The fraction of sp³-hybridized carbons (Fsp3) is 0.364. The Labute approximate surface area is 99.5 Å². The van der Waals surface area contributed by atoms with Crippen molar-refractivity contribution in [2.24, 2.45) is 0 Å². The van der Waals surface area contributed by atoms with Crippen LogP contribution in [0.1, 0.15) is 13.8 Å². The van der Waals surface area contributed by atoms with E-state index < -0.39 is 24.0 Å². The van der Waals surface area contributed by atoms with Gasteiger partial charge in [0.05, 0.1) is 0 Å². The number of ether oxygens (including phenoxy) is 2. The maximum Gasteiger partial charge on any atom is 0.327 e. The number of hydrogen-bond donors (Lipinski definition) is 1. The molecule has 0 aromatic heterocycles. The van der Waals surface area contributed by atoms with Crippen LogP contribution in [0.15, 0.2) is 25.3 Å². The zero-order chi connectivity index (χ0) is 13.8. The Hall–Kier alpha value is -2.11. The third kappa shape index (κ3) is 16.6. The largest absolute Gasteiger partial charge is 0.478 e. The van der Waals surface area contributed by atoms with Gasteiger partial charge < -0.3 is 14.6 Å². The second-order valence-electron chi connectivity index (χ2n) is 2.73. The number of rotatable bonds is 5. The summed E-state index contributed by atoms with van der Waals surface area (Å²) >= 11 is 0. The smallest absolute Gasteiger partial charge is 0.327 e. The lowest BCUT2D eigenvalue weighted by molar-refractivity contribution is -0.153. The molecule has 0 bridgehead atoms. The highest BCUT2D eigenvalue weighted by molar-refractivity contribution is 5.78. The molecule has 0 heterocycles. The zero-order valence-electron chi connectivity index (χ0n) is 9.84. The van der Waals surface area contributed by atoms with Crippen LogP contribution >= 0.6 is 0 Å². The van der Waals surface area contributed by atoms with Crippen LogP contribution in [0.5, 0.6) is 0 Å². The number of carboxylic acid groups (broad SMARTS) is 1. The lowest BCUT2D eigenvalue weighted by atomic mass is 10.4. The van der Waals surface area contributed by atoms with Crippen LogP contribution in [0.2, 0.25) is 0 Å².